The van der Waals surface area contributed by atoms with E-state index in [-0.39, 0.29) is 16.8 Å². The zero-order valence-electron chi connectivity index (χ0n) is 13.4. The van der Waals surface area contributed by atoms with Crippen molar-refractivity contribution in [2.24, 2.45) is 0 Å². The van der Waals surface area contributed by atoms with Gasteiger partial charge in [0.25, 0.3) is 5.91 Å². The van der Waals surface area contributed by atoms with Crippen LogP contribution in [0.5, 0.6) is 0 Å². The molecule has 2 N–H and O–H groups in total. The van der Waals surface area contributed by atoms with Crippen molar-refractivity contribution in [1.82, 2.24) is 14.9 Å². The van der Waals surface area contributed by atoms with E-state index in [0.29, 0.717) is 25.3 Å². The van der Waals surface area contributed by atoms with Crippen LogP contribution in [0.25, 0.3) is 0 Å². The van der Waals surface area contributed by atoms with Crippen LogP contribution in [0, 0.1) is 0 Å². The molecule has 0 saturated carbocycles. The van der Waals surface area contributed by atoms with Gasteiger partial charge >= 0.3 is 0 Å². The predicted octanol–water partition coefficient (Wildman–Crippen LogP) is 0.0452. The normalized spacial score (nSPS) is 17.7. The van der Waals surface area contributed by atoms with E-state index in [1.54, 1.807) is 0 Å². The third-order valence-electron chi connectivity index (χ3n) is 3.65. The van der Waals surface area contributed by atoms with E-state index >= 15 is 0 Å². The molecule has 23 heavy (non-hydrogen) atoms. The number of morpholine rings is 1. The van der Waals surface area contributed by atoms with Crippen molar-refractivity contribution in [2.75, 3.05) is 39.9 Å². The SMILES string of the molecule is CNC(=O)c1ccc(S(=O)(=O)N[C@H](C)CN2CCOCC2)cc1. The van der Waals surface area contributed by atoms with E-state index in [2.05, 4.69) is 14.9 Å². The third kappa shape index (κ3) is 5.00. The zero-order valence-corrected chi connectivity index (χ0v) is 14.2. The first-order chi connectivity index (χ1) is 10.9. The number of amides is 1. The number of nitrogens with zero attached hydrogens (tertiary/aromatic N) is 1. The van der Waals surface area contributed by atoms with Crippen LogP contribution in [0.2, 0.25) is 0 Å². The Morgan fingerprint density at radius 3 is 2.43 bits per heavy atom. The fourth-order valence-electron chi connectivity index (χ4n) is 2.47. The minimum absolute atomic E-state index is 0.152. The fourth-order valence-corrected chi connectivity index (χ4v) is 3.71. The Bertz CT molecular complexity index is 625. The summed E-state index contributed by atoms with van der Waals surface area (Å²) >= 11 is 0. The van der Waals surface area contributed by atoms with Gasteiger partial charge in [-0.3, -0.25) is 9.69 Å². The van der Waals surface area contributed by atoms with E-state index in [1.165, 1.54) is 31.3 Å². The van der Waals surface area contributed by atoms with Crippen LogP contribution in [0.15, 0.2) is 29.2 Å². The number of ether oxygens (including phenoxy) is 1. The quantitative estimate of drug-likeness (QED) is 0.763. The van der Waals surface area contributed by atoms with E-state index < -0.39 is 10.0 Å². The van der Waals surface area contributed by atoms with Crippen LogP contribution in [-0.4, -0.2) is 65.2 Å². The average molecular weight is 341 g/mol. The highest BCUT2D eigenvalue weighted by Gasteiger charge is 2.20. The monoisotopic (exact) mass is 341 g/mol. The van der Waals surface area contributed by atoms with Crippen molar-refractivity contribution in [3.63, 3.8) is 0 Å². The largest absolute Gasteiger partial charge is 0.379 e. The number of sulfonamides is 1. The molecule has 0 aromatic heterocycles. The number of hydrogen-bond donors (Lipinski definition) is 2. The lowest BCUT2D eigenvalue weighted by atomic mass is 10.2. The molecule has 0 aliphatic carbocycles. The summed E-state index contributed by atoms with van der Waals surface area (Å²) in [5.41, 5.74) is 0.424. The Morgan fingerprint density at radius 2 is 1.87 bits per heavy atom. The van der Waals surface area contributed by atoms with Crippen LogP contribution in [0.3, 0.4) is 0 Å². The van der Waals surface area contributed by atoms with Crippen LogP contribution in [0.1, 0.15) is 17.3 Å². The van der Waals surface area contributed by atoms with E-state index in [4.69, 9.17) is 4.74 Å². The molecule has 8 heteroatoms. The fraction of sp³-hybridized carbons (Fsp3) is 0.533. The summed E-state index contributed by atoms with van der Waals surface area (Å²) in [7, 11) is -2.07. The number of nitrogens with one attached hydrogen (secondary N) is 2. The maximum Gasteiger partial charge on any atom is 0.251 e. The molecular weight excluding hydrogens is 318 g/mol. The number of benzene rings is 1. The number of carbonyl (C=O) groups is 1. The van der Waals surface area contributed by atoms with E-state index in [9.17, 15) is 13.2 Å². The summed E-state index contributed by atoms with van der Waals surface area (Å²) in [5, 5.41) is 2.50. The molecule has 1 aromatic carbocycles. The van der Waals surface area contributed by atoms with Crippen LogP contribution in [0.4, 0.5) is 0 Å². The molecule has 1 aromatic rings. The number of hydrogen-bond acceptors (Lipinski definition) is 5. The first-order valence-corrected chi connectivity index (χ1v) is 9.05. The molecule has 0 radical (unpaired) electrons. The molecule has 0 unspecified atom stereocenters. The second kappa shape index (κ2) is 7.87. The standard InChI is InChI=1S/C15H23N3O4S/c1-12(11-18-7-9-22-10-8-18)17-23(20,21)14-5-3-13(4-6-14)15(19)16-2/h3-6,12,17H,7-11H2,1-2H3,(H,16,19)/t12-/m1/s1. The molecule has 2 rings (SSSR count). The average Bonchev–Trinajstić information content (AvgIpc) is 2.54. The van der Waals surface area contributed by atoms with Crippen molar-refractivity contribution in [3.05, 3.63) is 29.8 Å². The number of carbonyl (C=O) groups excluding carboxylic acids is 1. The summed E-state index contributed by atoms with van der Waals surface area (Å²) in [6.45, 7) is 5.46. The summed E-state index contributed by atoms with van der Waals surface area (Å²) in [5.74, 6) is -0.248. The molecule has 7 nitrogen and oxygen atoms in total. The van der Waals surface area contributed by atoms with Gasteiger partial charge in [0.1, 0.15) is 0 Å². The summed E-state index contributed by atoms with van der Waals surface area (Å²) in [4.78, 5) is 13.8. The van der Waals surface area contributed by atoms with Crippen LogP contribution in [-0.2, 0) is 14.8 Å². The van der Waals surface area contributed by atoms with Gasteiger partial charge in [-0.1, -0.05) is 0 Å². The molecule has 0 spiro atoms. The molecular formula is C15H23N3O4S. The highest BCUT2D eigenvalue weighted by molar-refractivity contribution is 7.89. The lowest BCUT2D eigenvalue weighted by Crippen LogP contribution is -2.45. The molecule has 1 aliphatic rings. The Kier molecular flexibility index (Phi) is 6.11. The second-order valence-electron chi connectivity index (χ2n) is 5.54. The lowest BCUT2D eigenvalue weighted by Gasteiger charge is -2.29. The van der Waals surface area contributed by atoms with Gasteiger partial charge in [0.15, 0.2) is 0 Å². The van der Waals surface area contributed by atoms with E-state index in [1.807, 2.05) is 6.92 Å². The van der Waals surface area contributed by atoms with Crippen LogP contribution < -0.4 is 10.0 Å². The van der Waals surface area contributed by atoms with Crippen LogP contribution >= 0.6 is 0 Å². The first kappa shape index (κ1) is 17.9. The van der Waals surface area contributed by atoms with Gasteiger partial charge in [-0.05, 0) is 31.2 Å². The van der Waals surface area contributed by atoms with Gasteiger partial charge in [0.2, 0.25) is 10.0 Å². The van der Waals surface area contributed by atoms with Crippen molar-refractivity contribution in [3.8, 4) is 0 Å². The van der Waals surface area contributed by atoms with Gasteiger partial charge in [-0.25, -0.2) is 13.1 Å². The molecule has 1 heterocycles. The predicted molar refractivity (Wildman–Crippen MR) is 86.9 cm³/mol. The Morgan fingerprint density at radius 1 is 1.26 bits per heavy atom. The summed E-state index contributed by atoms with van der Waals surface area (Å²) in [6, 6.07) is 5.67. The van der Waals surface area contributed by atoms with Crippen molar-refractivity contribution in [2.45, 2.75) is 17.9 Å². The Hall–Kier alpha value is -1.48. The lowest BCUT2D eigenvalue weighted by molar-refractivity contribution is 0.0354. The molecule has 1 saturated heterocycles. The minimum atomic E-state index is -3.60. The van der Waals surface area contributed by atoms with E-state index in [0.717, 1.165) is 13.1 Å². The maximum absolute atomic E-state index is 12.4. The smallest absolute Gasteiger partial charge is 0.251 e. The maximum atomic E-state index is 12.4. The molecule has 0 bridgehead atoms. The molecule has 1 aliphatic heterocycles. The Balaban J connectivity index is 1.98. The number of rotatable bonds is 6. The van der Waals surface area contributed by atoms with Gasteiger partial charge in [0.05, 0.1) is 18.1 Å². The van der Waals surface area contributed by atoms with Gasteiger partial charge in [-0.15, -0.1) is 0 Å². The van der Waals surface area contributed by atoms with Gasteiger partial charge in [0, 0.05) is 38.3 Å². The Labute approximate surface area is 137 Å². The van der Waals surface area contributed by atoms with Gasteiger partial charge < -0.3 is 10.1 Å². The summed E-state index contributed by atoms with van der Waals surface area (Å²) in [6.07, 6.45) is 0. The van der Waals surface area contributed by atoms with Crippen molar-refractivity contribution < 1.29 is 17.9 Å². The van der Waals surface area contributed by atoms with Crippen molar-refractivity contribution >= 4 is 15.9 Å². The molecule has 1 fully saturated rings. The topological polar surface area (TPSA) is 87.7 Å². The van der Waals surface area contributed by atoms with Gasteiger partial charge in [-0.2, -0.15) is 0 Å². The molecule has 1 amide bonds. The second-order valence-corrected chi connectivity index (χ2v) is 7.25. The minimum Gasteiger partial charge on any atom is -0.379 e. The van der Waals surface area contributed by atoms with Crippen molar-refractivity contribution in [1.29, 1.82) is 0 Å². The first-order valence-electron chi connectivity index (χ1n) is 7.57. The third-order valence-corrected chi connectivity index (χ3v) is 5.25. The highest BCUT2D eigenvalue weighted by atomic mass is 32.2. The molecule has 1 atom stereocenters. The molecule has 128 valence electrons. The summed E-state index contributed by atoms with van der Waals surface area (Å²) < 4.78 is 32.7. The zero-order chi connectivity index (χ0) is 16.9. The highest BCUT2D eigenvalue weighted by Crippen LogP contribution is 2.11.